The Morgan fingerprint density at radius 2 is 1.93 bits per heavy atom. The minimum atomic E-state index is -4.24. The van der Waals surface area contributed by atoms with Crippen LogP contribution in [0, 0.1) is 11.6 Å². The van der Waals surface area contributed by atoms with E-state index in [9.17, 15) is 31.5 Å². The van der Waals surface area contributed by atoms with Gasteiger partial charge >= 0.3 is 6.18 Å². The molecular weight excluding hydrogens is 573 g/mol. The van der Waals surface area contributed by atoms with Crippen LogP contribution in [0.5, 0.6) is 0 Å². The van der Waals surface area contributed by atoms with Crippen molar-refractivity contribution >= 4 is 34.8 Å². The predicted octanol–water partition coefficient (Wildman–Crippen LogP) is 3.94. The summed E-state index contributed by atoms with van der Waals surface area (Å²) in [6.45, 7) is 3.81. The molecule has 0 radical (unpaired) electrons. The van der Waals surface area contributed by atoms with Gasteiger partial charge in [-0.1, -0.05) is 17.7 Å². The fraction of sp³-hybridized carbons (Fsp3) is 0.481. The number of nitrogens with zero attached hydrogens (tertiary/aromatic N) is 2. The lowest BCUT2D eigenvalue weighted by Crippen LogP contribution is -2.52. The second-order valence-corrected chi connectivity index (χ2v) is 10.4. The smallest absolute Gasteiger partial charge is 0.366 e. The number of hydrogen-bond donors (Lipinski definition) is 3. The molecule has 14 heteroatoms. The van der Waals surface area contributed by atoms with Crippen LogP contribution in [0.15, 0.2) is 30.3 Å². The molecule has 41 heavy (non-hydrogen) atoms. The van der Waals surface area contributed by atoms with Crippen molar-refractivity contribution in [1.29, 1.82) is 0 Å². The highest BCUT2D eigenvalue weighted by molar-refractivity contribution is 6.31. The lowest BCUT2D eigenvalue weighted by Gasteiger charge is -2.42. The number of morpholine rings is 1. The Kier molecular flexibility index (Phi) is 10.1. The highest BCUT2D eigenvalue weighted by Crippen LogP contribution is 2.33. The third-order valence-electron chi connectivity index (χ3n) is 7.02. The monoisotopic (exact) mass is 603 g/mol. The van der Waals surface area contributed by atoms with Gasteiger partial charge in [-0.2, -0.15) is 13.2 Å². The average molecular weight is 604 g/mol. The maximum atomic E-state index is 15.0. The van der Waals surface area contributed by atoms with Crippen LogP contribution in [0.2, 0.25) is 5.02 Å². The van der Waals surface area contributed by atoms with Gasteiger partial charge < -0.3 is 25.6 Å². The summed E-state index contributed by atoms with van der Waals surface area (Å²) >= 11 is 6.21. The third-order valence-corrected chi connectivity index (χ3v) is 7.26. The summed E-state index contributed by atoms with van der Waals surface area (Å²) in [5.74, 6) is -4.00. The van der Waals surface area contributed by atoms with Gasteiger partial charge in [-0.25, -0.2) is 8.78 Å². The Hall–Kier alpha value is -3.00. The number of carbonyl (C=O) groups is 2. The van der Waals surface area contributed by atoms with E-state index in [2.05, 4.69) is 16.0 Å². The number of anilines is 2. The Balaban J connectivity index is 1.43. The summed E-state index contributed by atoms with van der Waals surface area (Å²) in [6, 6.07) is 6.79. The summed E-state index contributed by atoms with van der Waals surface area (Å²) in [5.41, 5.74) is 0.115. The molecule has 2 aromatic carbocycles. The normalized spacial score (nSPS) is 20.1. The quantitative estimate of drug-likeness (QED) is 0.397. The van der Waals surface area contributed by atoms with Crippen molar-refractivity contribution in [2.45, 2.75) is 38.2 Å². The molecule has 2 aromatic rings. The van der Waals surface area contributed by atoms with Crippen LogP contribution in [0.25, 0.3) is 0 Å². The first-order valence-electron chi connectivity index (χ1n) is 13.2. The molecule has 0 aromatic heterocycles. The third kappa shape index (κ3) is 8.06. The van der Waals surface area contributed by atoms with Crippen molar-refractivity contribution in [3.05, 3.63) is 58.1 Å². The average Bonchev–Trinajstić information content (AvgIpc) is 2.93. The minimum absolute atomic E-state index is 0.114. The molecule has 4 rings (SSSR count). The van der Waals surface area contributed by atoms with E-state index in [0.29, 0.717) is 50.0 Å². The molecular formula is C27H31ClF5N5O3. The van der Waals surface area contributed by atoms with Crippen LogP contribution in [-0.2, 0) is 16.1 Å². The number of nitrogens with one attached hydrogen (secondary N) is 3. The standard InChI is InChI=1S/C27H31ClF5N5O3/c1-16-15-37(8-6-27(31,32)33)9-10-38(16)21-12-18(28)3-5-20(21)36-25(39)19-4-2-17(23(29)24(19)30)13-35-26(40)22-14-34-7-11-41-22/h2-5,12,16,22,34H,6-11,13-15H2,1H3,(H,35,40)(H,36,39)/t16-,22+/m1/s1. The molecule has 2 fully saturated rings. The number of ether oxygens (including phenoxy) is 1. The van der Waals surface area contributed by atoms with Gasteiger partial charge in [0, 0.05) is 62.4 Å². The molecule has 2 saturated heterocycles. The van der Waals surface area contributed by atoms with Gasteiger partial charge in [-0.05, 0) is 31.2 Å². The maximum Gasteiger partial charge on any atom is 0.390 e. The van der Waals surface area contributed by atoms with Gasteiger partial charge in [0.25, 0.3) is 11.8 Å². The van der Waals surface area contributed by atoms with Gasteiger partial charge in [-0.15, -0.1) is 0 Å². The highest BCUT2D eigenvalue weighted by atomic mass is 35.5. The van der Waals surface area contributed by atoms with Crippen molar-refractivity contribution in [3.8, 4) is 0 Å². The van der Waals surface area contributed by atoms with Crippen molar-refractivity contribution in [1.82, 2.24) is 15.5 Å². The van der Waals surface area contributed by atoms with E-state index in [1.54, 1.807) is 11.0 Å². The fourth-order valence-corrected chi connectivity index (χ4v) is 5.01. The Morgan fingerprint density at radius 1 is 1.15 bits per heavy atom. The van der Waals surface area contributed by atoms with E-state index in [-0.39, 0.29) is 30.4 Å². The van der Waals surface area contributed by atoms with Gasteiger partial charge in [0.2, 0.25) is 0 Å². The molecule has 0 saturated carbocycles. The van der Waals surface area contributed by atoms with E-state index in [0.717, 1.165) is 6.07 Å². The molecule has 224 valence electrons. The molecule has 0 unspecified atom stereocenters. The number of hydrogen-bond acceptors (Lipinski definition) is 6. The van der Waals surface area contributed by atoms with Crippen LogP contribution in [0.1, 0.15) is 29.3 Å². The van der Waals surface area contributed by atoms with Gasteiger partial charge in [0.15, 0.2) is 11.6 Å². The predicted molar refractivity (Wildman–Crippen MR) is 144 cm³/mol. The number of alkyl halides is 3. The Bertz CT molecular complexity index is 1260. The Morgan fingerprint density at radius 3 is 2.61 bits per heavy atom. The molecule has 2 atom stereocenters. The van der Waals surface area contributed by atoms with Crippen LogP contribution in [-0.4, -0.2) is 80.9 Å². The van der Waals surface area contributed by atoms with E-state index < -0.39 is 47.7 Å². The first kappa shape index (κ1) is 30.9. The molecule has 3 N–H and O–H groups in total. The molecule has 2 amide bonds. The molecule has 0 aliphatic carbocycles. The lowest BCUT2D eigenvalue weighted by atomic mass is 10.1. The van der Waals surface area contributed by atoms with E-state index in [1.165, 1.54) is 18.2 Å². The van der Waals surface area contributed by atoms with Crippen molar-refractivity contribution in [2.75, 3.05) is 56.1 Å². The topological polar surface area (TPSA) is 85.9 Å². The number of carbonyl (C=O) groups excluding carboxylic acids is 2. The zero-order chi connectivity index (χ0) is 29.7. The zero-order valence-corrected chi connectivity index (χ0v) is 23.0. The number of rotatable bonds is 8. The summed E-state index contributed by atoms with van der Waals surface area (Å²) in [5, 5.41) is 8.48. The first-order chi connectivity index (χ1) is 19.4. The van der Waals surface area contributed by atoms with Gasteiger partial charge in [-0.3, -0.25) is 14.5 Å². The SMILES string of the molecule is C[C@@H]1CN(CCC(F)(F)F)CCN1c1cc(Cl)ccc1NC(=O)c1ccc(CNC(=O)[C@@H]2CNCCO2)c(F)c1F. The second-order valence-electron chi connectivity index (χ2n) is 10.0. The highest BCUT2D eigenvalue weighted by Gasteiger charge is 2.31. The zero-order valence-electron chi connectivity index (χ0n) is 22.3. The van der Waals surface area contributed by atoms with Crippen LogP contribution in [0.3, 0.4) is 0 Å². The number of amides is 2. The van der Waals surface area contributed by atoms with E-state index >= 15 is 0 Å². The lowest BCUT2D eigenvalue weighted by molar-refractivity contribution is -0.138. The molecule has 0 spiro atoms. The maximum absolute atomic E-state index is 15.0. The summed E-state index contributed by atoms with van der Waals surface area (Å²) in [6.07, 6.45) is -5.88. The van der Waals surface area contributed by atoms with Crippen molar-refractivity contribution in [2.24, 2.45) is 0 Å². The van der Waals surface area contributed by atoms with Crippen LogP contribution < -0.4 is 20.9 Å². The summed E-state index contributed by atoms with van der Waals surface area (Å²) in [7, 11) is 0. The van der Waals surface area contributed by atoms with Crippen LogP contribution in [0.4, 0.5) is 33.3 Å². The second kappa shape index (κ2) is 13.3. The fourth-order valence-electron chi connectivity index (χ4n) is 4.85. The molecule has 2 aliphatic heterocycles. The Labute approximate surface area is 239 Å². The van der Waals surface area contributed by atoms with E-state index in [1.807, 2.05) is 11.8 Å². The van der Waals surface area contributed by atoms with Crippen molar-refractivity contribution < 1.29 is 36.3 Å². The summed E-state index contributed by atoms with van der Waals surface area (Å²) < 4.78 is 73.1. The summed E-state index contributed by atoms with van der Waals surface area (Å²) in [4.78, 5) is 28.9. The van der Waals surface area contributed by atoms with Crippen molar-refractivity contribution in [3.63, 3.8) is 0 Å². The largest absolute Gasteiger partial charge is 0.390 e. The molecule has 2 aliphatic rings. The van der Waals surface area contributed by atoms with Gasteiger partial charge in [0.05, 0.1) is 30.0 Å². The number of halogens is 6. The molecule has 2 heterocycles. The molecule has 8 nitrogen and oxygen atoms in total. The van der Waals surface area contributed by atoms with Crippen LogP contribution >= 0.6 is 11.6 Å². The number of benzene rings is 2. The molecule has 0 bridgehead atoms. The first-order valence-corrected chi connectivity index (χ1v) is 13.5. The minimum Gasteiger partial charge on any atom is -0.366 e. The van der Waals surface area contributed by atoms with Gasteiger partial charge in [0.1, 0.15) is 6.10 Å². The number of piperazine rings is 1. The van der Waals surface area contributed by atoms with E-state index in [4.69, 9.17) is 16.3 Å².